The Morgan fingerprint density at radius 1 is 1.09 bits per heavy atom. The van der Waals surface area contributed by atoms with Crippen molar-refractivity contribution in [3.05, 3.63) is 108 Å². The summed E-state index contributed by atoms with van der Waals surface area (Å²) in [5.41, 5.74) is 3.98. The summed E-state index contributed by atoms with van der Waals surface area (Å²) in [5.74, 6) is 0.325. The van der Waals surface area contributed by atoms with Crippen LogP contribution in [0, 0.1) is 0 Å². The molecule has 0 bridgehead atoms. The standard InChI is InChI=1S/C27H23N3O3S/c1-2-17-9-11-20(12-10-17)30-25(24(29-27(30)34)21-8-3-4-15-28-21)23-14-13-22(33-23)18-6-5-7-19(16-18)26(31)32/h3-16,24-25H,2H2,1H3,(H,29,34)(H,31,32)/t24-,25+/m1/s1. The molecule has 7 heteroatoms. The van der Waals surface area contributed by atoms with Gasteiger partial charge < -0.3 is 19.7 Å². The second-order valence-corrected chi connectivity index (χ2v) is 8.49. The van der Waals surface area contributed by atoms with E-state index in [0.29, 0.717) is 22.2 Å². The van der Waals surface area contributed by atoms with Crippen LogP contribution < -0.4 is 10.2 Å². The summed E-state index contributed by atoms with van der Waals surface area (Å²) < 4.78 is 6.32. The number of carboxylic acid groups (broad SMARTS) is 1. The van der Waals surface area contributed by atoms with E-state index < -0.39 is 5.97 Å². The van der Waals surface area contributed by atoms with E-state index in [1.165, 1.54) is 5.56 Å². The summed E-state index contributed by atoms with van der Waals surface area (Å²) in [5, 5.41) is 13.4. The molecule has 1 aliphatic rings. The zero-order valence-electron chi connectivity index (χ0n) is 18.5. The Kier molecular flexibility index (Phi) is 5.86. The predicted octanol–water partition coefficient (Wildman–Crippen LogP) is 5.78. The van der Waals surface area contributed by atoms with Crippen molar-refractivity contribution < 1.29 is 14.3 Å². The van der Waals surface area contributed by atoms with Crippen LogP contribution in [0.2, 0.25) is 0 Å². The van der Waals surface area contributed by atoms with Gasteiger partial charge in [0.05, 0.1) is 17.3 Å². The van der Waals surface area contributed by atoms with Crippen LogP contribution in [0.5, 0.6) is 0 Å². The third-order valence-corrected chi connectivity index (χ3v) is 6.35. The van der Waals surface area contributed by atoms with Gasteiger partial charge in [0.1, 0.15) is 17.6 Å². The molecule has 170 valence electrons. The largest absolute Gasteiger partial charge is 0.478 e. The first-order chi connectivity index (χ1) is 16.5. The number of hydrogen-bond donors (Lipinski definition) is 2. The van der Waals surface area contributed by atoms with E-state index >= 15 is 0 Å². The van der Waals surface area contributed by atoms with Crippen molar-refractivity contribution in [3.63, 3.8) is 0 Å². The fourth-order valence-electron chi connectivity index (χ4n) is 4.29. The molecule has 0 spiro atoms. The van der Waals surface area contributed by atoms with Gasteiger partial charge in [0.15, 0.2) is 5.11 Å². The maximum Gasteiger partial charge on any atom is 0.335 e. The highest BCUT2D eigenvalue weighted by atomic mass is 32.1. The number of carbonyl (C=O) groups is 1. The molecule has 4 aromatic rings. The molecule has 2 atom stereocenters. The van der Waals surface area contributed by atoms with Gasteiger partial charge in [-0.3, -0.25) is 4.98 Å². The molecular weight excluding hydrogens is 446 g/mol. The number of nitrogens with zero attached hydrogens (tertiary/aromatic N) is 2. The Labute approximate surface area is 202 Å². The van der Waals surface area contributed by atoms with Crippen LogP contribution in [-0.2, 0) is 6.42 Å². The first-order valence-electron chi connectivity index (χ1n) is 11.1. The zero-order valence-corrected chi connectivity index (χ0v) is 19.3. The Morgan fingerprint density at radius 3 is 2.62 bits per heavy atom. The molecule has 1 aliphatic heterocycles. The number of carboxylic acids is 1. The third kappa shape index (κ3) is 4.06. The lowest BCUT2D eigenvalue weighted by Crippen LogP contribution is -2.29. The maximum absolute atomic E-state index is 11.4. The minimum Gasteiger partial charge on any atom is -0.478 e. The lowest BCUT2D eigenvalue weighted by Gasteiger charge is -2.26. The highest BCUT2D eigenvalue weighted by Crippen LogP contribution is 2.43. The minimum atomic E-state index is -0.976. The second-order valence-electron chi connectivity index (χ2n) is 8.10. The number of aromatic nitrogens is 1. The molecule has 0 amide bonds. The first-order valence-corrected chi connectivity index (χ1v) is 11.5. The normalized spacial score (nSPS) is 17.6. The van der Waals surface area contributed by atoms with Crippen molar-refractivity contribution in [2.45, 2.75) is 25.4 Å². The van der Waals surface area contributed by atoms with E-state index in [9.17, 15) is 9.90 Å². The molecule has 0 unspecified atom stereocenters. The van der Waals surface area contributed by atoms with Crippen LogP contribution in [-0.4, -0.2) is 21.2 Å². The van der Waals surface area contributed by atoms with Gasteiger partial charge in [-0.2, -0.15) is 0 Å². The highest BCUT2D eigenvalue weighted by Gasteiger charge is 2.42. The van der Waals surface area contributed by atoms with Gasteiger partial charge in [0.25, 0.3) is 0 Å². The topological polar surface area (TPSA) is 78.6 Å². The Bertz CT molecular complexity index is 1330. The quantitative estimate of drug-likeness (QED) is 0.347. The summed E-state index contributed by atoms with van der Waals surface area (Å²) in [6.07, 6.45) is 2.72. The second kappa shape index (κ2) is 9.11. The molecule has 2 aromatic heterocycles. The number of nitrogens with one attached hydrogen (secondary N) is 1. The molecule has 34 heavy (non-hydrogen) atoms. The number of anilines is 1. The number of pyridine rings is 1. The number of aromatic carboxylic acids is 1. The van der Waals surface area contributed by atoms with Crippen molar-refractivity contribution in [2.24, 2.45) is 0 Å². The van der Waals surface area contributed by atoms with Gasteiger partial charge in [-0.25, -0.2) is 4.79 Å². The van der Waals surface area contributed by atoms with Gasteiger partial charge in [0.2, 0.25) is 0 Å². The number of thiocarbonyl (C=S) groups is 1. The Balaban J connectivity index is 1.58. The van der Waals surface area contributed by atoms with Crippen molar-refractivity contribution in [1.29, 1.82) is 0 Å². The van der Waals surface area contributed by atoms with E-state index in [-0.39, 0.29) is 17.6 Å². The van der Waals surface area contributed by atoms with Crippen LogP contribution in [0.3, 0.4) is 0 Å². The lowest BCUT2D eigenvalue weighted by molar-refractivity contribution is 0.0697. The number of aryl methyl sites for hydroxylation is 1. The van der Waals surface area contributed by atoms with Crippen molar-refractivity contribution in [2.75, 3.05) is 4.90 Å². The van der Waals surface area contributed by atoms with Crippen LogP contribution in [0.15, 0.2) is 89.5 Å². The lowest BCUT2D eigenvalue weighted by atomic mass is 10.0. The van der Waals surface area contributed by atoms with E-state index in [0.717, 1.165) is 17.8 Å². The molecule has 6 nitrogen and oxygen atoms in total. The Hall–Kier alpha value is -3.97. The van der Waals surface area contributed by atoms with E-state index in [1.807, 2.05) is 36.4 Å². The van der Waals surface area contributed by atoms with E-state index in [4.69, 9.17) is 16.6 Å². The molecule has 2 N–H and O–H groups in total. The van der Waals surface area contributed by atoms with Crippen LogP contribution in [0.25, 0.3) is 11.3 Å². The number of hydrogen-bond acceptors (Lipinski definition) is 4. The monoisotopic (exact) mass is 469 g/mol. The van der Waals surface area contributed by atoms with Crippen molar-refractivity contribution in [1.82, 2.24) is 10.3 Å². The SMILES string of the molecule is CCc1ccc(N2C(=S)N[C@H](c3ccccn3)[C@@H]2c2ccc(-c3cccc(C(=O)O)c3)o2)cc1. The minimum absolute atomic E-state index is 0.211. The van der Waals surface area contributed by atoms with Crippen LogP contribution in [0.1, 0.15) is 46.4 Å². The average Bonchev–Trinajstić information content (AvgIpc) is 3.49. The third-order valence-electron chi connectivity index (χ3n) is 6.03. The predicted molar refractivity (Wildman–Crippen MR) is 135 cm³/mol. The molecule has 0 saturated carbocycles. The molecule has 3 heterocycles. The van der Waals surface area contributed by atoms with Crippen LogP contribution in [0.4, 0.5) is 5.69 Å². The molecule has 1 saturated heterocycles. The summed E-state index contributed by atoms with van der Waals surface area (Å²) in [7, 11) is 0. The van der Waals surface area contributed by atoms with Gasteiger partial charge in [-0.05, 0) is 72.7 Å². The fraction of sp³-hybridized carbons (Fsp3) is 0.148. The van der Waals surface area contributed by atoms with Crippen LogP contribution >= 0.6 is 12.2 Å². The van der Waals surface area contributed by atoms with E-state index in [1.54, 1.807) is 24.4 Å². The van der Waals surface area contributed by atoms with Gasteiger partial charge >= 0.3 is 5.97 Å². The summed E-state index contributed by atoms with van der Waals surface area (Å²) in [6, 6.07) is 24.2. The maximum atomic E-state index is 11.4. The van der Waals surface area contributed by atoms with E-state index in [2.05, 4.69) is 46.4 Å². The zero-order chi connectivity index (χ0) is 23.7. The summed E-state index contributed by atoms with van der Waals surface area (Å²) >= 11 is 5.76. The smallest absolute Gasteiger partial charge is 0.335 e. The Morgan fingerprint density at radius 2 is 1.91 bits per heavy atom. The van der Waals surface area contributed by atoms with Gasteiger partial charge in [-0.15, -0.1) is 0 Å². The average molecular weight is 470 g/mol. The highest BCUT2D eigenvalue weighted by molar-refractivity contribution is 7.80. The number of furan rings is 1. The molecule has 2 aromatic carbocycles. The number of rotatable bonds is 6. The van der Waals surface area contributed by atoms with Gasteiger partial charge in [-0.1, -0.05) is 37.3 Å². The van der Waals surface area contributed by atoms with Crippen molar-refractivity contribution in [3.8, 4) is 11.3 Å². The molecule has 0 aliphatic carbocycles. The molecule has 0 radical (unpaired) electrons. The molecule has 5 rings (SSSR count). The number of benzene rings is 2. The summed E-state index contributed by atoms with van der Waals surface area (Å²) in [6.45, 7) is 2.13. The molecular formula is C27H23N3O3S. The first kappa shape index (κ1) is 21.9. The van der Waals surface area contributed by atoms with Gasteiger partial charge in [0, 0.05) is 17.4 Å². The van der Waals surface area contributed by atoms with Crippen molar-refractivity contribution >= 4 is 29.0 Å². The summed E-state index contributed by atoms with van der Waals surface area (Å²) in [4.78, 5) is 18.0. The fourth-order valence-corrected chi connectivity index (χ4v) is 4.63. The molecule has 1 fully saturated rings.